The predicted octanol–water partition coefficient (Wildman–Crippen LogP) is 2.12. The highest BCUT2D eigenvalue weighted by Crippen LogP contribution is 2.33. The van der Waals surface area contributed by atoms with Gasteiger partial charge in [-0.05, 0) is 38.1 Å². The molecule has 1 heterocycles. The lowest BCUT2D eigenvalue weighted by Gasteiger charge is -2.42. The Balaban J connectivity index is 2.23. The number of nitrogens with zero attached hydrogens (tertiary/aromatic N) is 2. The summed E-state index contributed by atoms with van der Waals surface area (Å²) in [5, 5.41) is 0. The maximum atomic E-state index is 6.13. The van der Waals surface area contributed by atoms with Crippen molar-refractivity contribution in [3.63, 3.8) is 0 Å². The normalized spacial score (nSPS) is 21.2. The fourth-order valence-corrected chi connectivity index (χ4v) is 3.31. The number of methoxy groups -OCH3 is 1. The topological polar surface area (TPSA) is 51.0 Å². The maximum Gasteiger partial charge on any atom is 0.161 e. The predicted molar refractivity (Wildman–Crippen MR) is 94.2 cm³/mol. The monoisotopic (exact) mass is 321 g/mol. The Bertz CT molecular complexity index is 495. The van der Waals surface area contributed by atoms with Crippen LogP contribution in [0.15, 0.2) is 18.2 Å². The van der Waals surface area contributed by atoms with Gasteiger partial charge in [-0.15, -0.1) is 0 Å². The van der Waals surface area contributed by atoms with Gasteiger partial charge >= 0.3 is 0 Å². The fraction of sp³-hybridized carbons (Fsp3) is 0.667. The molecule has 2 atom stereocenters. The molecule has 1 aromatic rings. The Hall–Kier alpha value is -1.30. The van der Waals surface area contributed by atoms with Crippen molar-refractivity contribution < 1.29 is 9.47 Å². The van der Waals surface area contributed by atoms with Crippen LogP contribution in [-0.4, -0.2) is 62.8 Å². The first kappa shape index (κ1) is 18.0. The Morgan fingerprint density at radius 2 is 2.09 bits per heavy atom. The Kier molecular flexibility index (Phi) is 6.69. The molecular formula is C18H31N3O2. The molecular weight excluding hydrogens is 290 g/mol. The minimum Gasteiger partial charge on any atom is -0.493 e. The number of hydrogen-bond acceptors (Lipinski definition) is 5. The van der Waals surface area contributed by atoms with Crippen LogP contribution >= 0.6 is 0 Å². The molecule has 5 heteroatoms. The number of rotatable bonds is 7. The summed E-state index contributed by atoms with van der Waals surface area (Å²) in [5.41, 5.74) is 7.33. The number of piperazine rings is 1. The quantitative estimate of drug-likeness (QED) is 0.834. The molecule has 130 valence electrons. The number of hydrogen-bond donors (Lipinski definition) is 1. The zero-order valence-corrected chi connectivity index (χ0v) is 14.9. The van der Waals surface area contributed by atoms with E-state index in [0.717, 1.165) is 37.6 Å². The highest BCUT2D eigenvalue weighted by atomic mass is 16.5. The summed E-state index contributed by atoms with van der Waals surface area (Å²) in [6.07, 6.45) is 0.975. The van der Waals surface area contributed by atoms with E-state index in [2.05, 4.69) is 42.8 Å². The van der Waals surface area contributed by atoms with Gasteiger partial charge in [0, 0.05) is 38.3 Å². The van der Waals surface area contributed by atoms with Gasteiger partial charge in [-0.3, -0.25) is 4.90 Å². The first-order valence-electron chi connectivity index (χ1n) is 8.55. The van der Waals surface area contributed by atoms with Crippen LogP contribution in [0.3, 0.4) is 0 Å². The third-order valence-corrected chi connectivity index (χ3v) is 4.54. The summed E-state index contributed by atoms with van der Waals surface area (Å²) in [5.74, 6) is 1.59. The number of ether oxygens (including phenoxy) is 2. The van der Waals surface area contributed by atoms with Gasteiger partial charge in [-0.2, -0.15) is 0 Å². The fourth-order valence-electron chi connectivity index (χ4n) is 3.31. The first-order chi connectivity index (χ1) is 11.1. The Morgan fingerprint density at radius 1 is 1.30 bits per heavy atom. The molecule has 5 nitrogen and oxygen atoms in total. The van der Waals surface area contributed by atoms with Gasteiger partial charge in [0.15, 0.2) is 11.5 Å². The number of benzene rings is 1. The van der Waals surface area contributed by atoms with Crippen molar-refractivity contribution in [2.45, 2.75) is 32.4 Å². The van der Waals surface area contributed by atoms with Gasteiger partial charge in [0.2, 0.25) is 0 Å². The van der Waals surface area contributed by atoms with E-state index in [9.17, 15) is 0 Å². The van der Waals surface area contributed by atoms with E-state index >= 15 is 0 Å². The van der Waals surface area contributed by atoms with Crippen molar-refractivity contribution in [3.8, 4) is 11.5 Å². The molecule has 0 aromatic heterocycles. The molecule has 23 heavy (non-hydrogen) atoms. The summed E-state index contributed by atoms with van der Waals surface area (Å²) < 4.78 is 11.3. The lowest BCUT2D eigenvalue weighted by atomic mass is 10.0. The summed E-state index contributed by atoms with van der Waals surface area (Å²) in [6, 6.07) is 6.90. The summed E-state index contributed by atoms with van der Waals surface area (Å²) in [7, 11) is 3.85. The van der Waals surface area contributed by atoms with Gasteiger partial charge in [0.05, 0.1) is 13.7 Å². The van der Waals surface area contributed by atoms with Crippen LogP contribution in [0.25, 0.3) is 0 Å². The van der Waals surface area contributed by atoms with E-state index in [1.54, 1.807) is 7.11 Å². The molecule has 2 N–H and O–H groups in total. The van der Waals surface area contributed by atoms with Crippen LogP contribution in [0.2, 0.25) is 0 Å². The van der Waals surface area contributed by atoms with E-state index in [-0.39, 0.29) is 6.04 Å². The number of likely N-dealkylation sites (N-methyl/N-ethyl adjacent to an activating group) is 1. The zero-order chi connectivity index (χ0) is 16.8. The van der Waals surface area contributed by atoms with E-state index in [4.69, 9.17) is 15.2 Å². The van der Waals surface area contributed by atoms with Crippen LogP contribution in [0.4, 0.5) is 0 Å². The molecule has 0 aliphatic carbocycles. The van der Waals surface area contributed by atoms with Crippen molar-refractivity contribution >= 4 is 0 Å². The minimum absolute atomic E-state index is 0.216. The van der Waals surface area contributed by atoms with Gasteiger partial charge < -0.3 is 20.1 Å². The Morgan fingerprint density at radius 3 is 2.70 bits per heavy atom. The third kappa shape index (κ3) is 4.37. The summed E-state index contributed by atoms with van der Waals surface area (Å²) >= 11 is 0. The molecule has 2 unspecified atom stereocenters. The first-order valence-corrected chi connectivity index (χ1v) is 8.55. The van der Waals surface area contributed by atoms with Gasteiger partial charge in [-0.25, -0.2) is 0 Å². The molecule has 0 radical (unpaired) electrons. The van der Waals surface area contributed by atoms with Crippen LogP contribution < -0.4 is 15.2 Å². The van der Waals surface area contributed by atoms with Crippen LogP contribution in [0.1, 0.15) is 31.9 Å². The van der Waals surface area contributed by atoms with Crippen molar-refractivity contribution in [3.05, 3.63) is 23.8 Å². The summed E-state index contributed by atoms with van der Waals surface area (Å²) in [6.45, 7) is 8.87. The standard InChI is InChI=1S/C18H31N3O2/c1-5-10-23-18-11-15(6-7-17(18)22-4)16(12-19)21-9-8-20(3)13-14(21)2/h6-7,11,14,16H,5,8-10,12-13,19H2,1-4H3. The van der Waals surface area contributed by atoms with Crippen molar-refractivity contribution in [1.29, 1.82) is 0 Å². The SMILES string of the molecule is CCCOc1cc(C(CN)N2CCN(C)CC2C)ccc1OC. The zero-order valence-electron chi connectivity index (χ0n) is 14.9. The molecule has 0 amide bonds. The van der Waals surface area contributed by atoms with E-state index < -0.39 is 0 Å². The highest BCUT2D eigenvalue weighted by Gasteiger charge is 2.28. The largest absolute Gasteiger partial charge is 0.493 e. The maximum absolute atomic E-state index is 6.13. The highest BCUT2D eigenvalue weighted by molar-refractivity contribution is 5.44. The molecule has 2 rings (SSSR count). The molecule has 1 fully saturated rings. The van der Waals surface area contributed by atoms with Gasteiger partial charge in [-0.1, -0.05) is 13.0 Å². The summed E-state index contributed by atoms with van der Waals surface area (Å²) in [4.78, 5) is 4.88. The van der Waals surface area contributed by atoms with Crippen molar-refractivity contribution in [2.75, 3.05) is 46.9 Å². The molecule has 1 saturated heterocycles. The third-order valence-electron chi connectivity index (χ3n) is 4.54. The average Bonchev–Trinajstić information content (AvgIpc) is 2.55. The molecule has 0 saturated carbocycles. The van der Waals surface area contributed by atoms with Gasteiger partial charge in [0.1, 0.15) is 0 Å². The van der Waals surface area contributed by atoms with E-state index in [1.807, 2.05) is 6.07 Å². The van der Waals surface area contributed by atoms with Gasteiger partial charge in [0.25, 0.3) is 0 Å². The van der Waals surface area contributed by atoms with E-state index in [1.165, 1.54) is 5.56 Å². The van der Waals surface area contributed by atoms with Crippen LogP contribution in [0.5, 0.6) is 11.5 Å². The molecule has 1 aliphatic heterocycles. The second-order valence-corrected chi connectivity index (χ2v) is 6.36. The van der Waals surface area contributed by atoms with Crippen molar-refractivity contribution in [1.82, 2.24) is 9.80 Å². The second-order valence-electron chi connectivity index (χ2n) is 6.36. The van der Waals surface area contributed by atoms with Crippen LogP contribution in [0, 0.1) is 0 Å². The smallest absolute Gasteiger partial charge is 0.161 e. The minimum atomic E-state index is 0.216. The molecule has 0 bridgehead atoms. The lowest BCUT2D eigenvalue weighted by molar-refractivity contribution is 0.0634. The molecule has 1 aliphatic rings. The average molecular weight is 321 g/mol. The molecule has 0 spiro atoms. The van der Waals surface area contributed by atoms with E-state index in [0.29, 0.717) is 19.2 Å². The molecule has 1 aromatic carbocycles. The van der Waals surface area contributed by atoms with Crippen molar-refractivity contribution in [2.24, 2.45) is 5.73 Å². The second kappa shape index (κ2) is 8.52. The lowest BCUT2D eigenvalue weighted by Crippen LogP contribution is -2.52. The van der Waals surface area contributed by atoms with Crippen LogP contribution in [-0.2, 0) is 0 Å². The Labute approximate surface area is 140 Å². The number of nitrogens with two attached hydrogens (primary N) is 1.